The molecule has 8 nitrogen and oxygen atoms in total. The largest absolute Gasteiger partial charge is 0.497 e. The van der Waals surface area contributed by atoms with Crippen molar-refractivity contribution >= 4 is 16.0 Å². The molecule has 2 N–H and O–H groups in total. The molecule has 22 heavy (non-hydrogen) atoms. The Bertz CT molecular complexity index is 654. The minimum atomic E-state index is -4.01. The van der Waals surface area contributed by atoms with Gasteiger partial charge in [0.1, 0.15) is 16.4 Å². The van der Waals surface area contributed by atoms with E-state index in [1.807, 2.05) is 0 Å². The second kappa shape index (κ2) is 6.84. The number of hydrogen-bond donors (Lipinski definition) is 1. The first-order chi connectivity index (χ1) is 10.5. The predicted molar refractivity (Wildman–Crippen MR) is 80.7 cm³/mol. The van der Waals surface area contributed by atoms with Gasteiger partial charge in [0.05, 0.1) is 27.4 Å². The number of nitrogens with two attached hydrogens (primary N) is 1. The second-order valence-corrected chi connectivity index (χ2v) is 6.11. The molecule has 1 fully saturated rings. The molecule has 0 amide bonds. The highest BCUT2D eigenvalue weighted by Crippen LogP contribution is 2.29. The number of nitrogens with zero attached hydrogens (tertiary/aromatic N) is 2. The van der Waals surface area contributed by atoms with Crippen LogP contribution in [-0.4, -0.2) is 59.8 Å². The molecule has 1 aromatic carbocycles. The summed E-state index contributed by atoms with van der Waals surface area (Å²) >= 11 is 0. The van der Waals surface area contributed by atoms with Crippen LogP contribution in [0.4, 0.5) is 0 Å². The number of rotatable bonds is 4. The van der Waals surface area contributed by atoms with E-state index in [2.05, 4.69) is 4.40 Å². The van der Waals surface area contributed by atoms with Crippen molar-refractivity contribution in [2.45, 2.75) is 4.90 Å². The van der Waals surface area contributed by atoms with Crippen molar-refractivity contribution in [1.82, 2.24) is 4.90 Å². The molecule has 0 saturated carbocycles. The molecule has 1 saturated heterocycles. The molecular formula is C13H19N3O5S. The molecule has 122 valence electrons. The van der Waals surface area contributed by atoms with Crippen LogP contribution in [0.3, 0.4) is 0 Å². The summed E-state index contributed by atoms with van der Waals surface area (Å²) in [7, 11) is -1.18. The van der Waals surface area contributed by atoms with Gasteiger partial charge in [-0.15, -0.1) is 4.40 Å². The van der Waals surface area contributed by atoms with Crippen molar-refractivity contribution in [3.05, 3.63) is 18.2 Å². The van der Waals surface area contributed by atoms with E-state index in [9.17, 15) is 8.42 Å². The molecular weight excluding hydrogens is 310 g/mol. The third-order valence-electron chi connectivity index (χ3n) is 3.20. The standard InChI is InChI=1S/C13H19N3O5S/c1-19-10-3-4-11(20-2)12(9-10)22(17,18)15-13(14)16-5-7-21-8-6-16/h3-4,9H,5-8H2,1-2H3,(H2,14,15). The fourth-order valence-corrected chi connectivity index (χ4v) is 3.14. The zero-order chi connectivity index (χ0) is 16.2. The van der Waals surface area contributed by atoms with Crippen LogP contribution in [0.25, 0.3) is 0 Å². The lowest BCUT2D eigenvalue weighted by molar-refractivity contribution is 0.0676. The van der Waals surface area contributed by atoms with E-state index in [1.54, 1.807) is 11.0 Å². The monoisotopic (exact) mass is 329 g/mol. The van der Waals surface area contributed by atoms with E-state index >= 15 is 0 Å². The first-order valence-electron chi connectivity index (χ1n) is 6.63. The van der Waals surface area contributed by atoms with Gasteiger partial charge in [0.15, 0.2) is 0 Å². The maximum atomic E-state index is 12.5. The molecule has 0 unspecified atom stereocenters. The van der Waals surface area contributed by atoms with Gasteiger partial charge in [-0.2, -0.15) is 8.42 Å². The minimum absolute atomic E-state index is 0.0619. The smallest absolute Gasteiger partial charge is 0.289 e. The zero-order valence-corrected chi connectivity index (χ0v) is 13.3. The summed E-state index contributed by atoms with van der Waals surface area (Å²) in [5.74, 6) is 0.506. The Hall–Kier alpha value is -2.00. The highest BCUT2D eigenvalue weighted by molar-refractivity contribution is 7.90. The number of sulfonamides is 1. The Kier molecular flexibility index (Phi) is 5.09. The number of hydrogen-bond acceptors (Lipinski definition) is 5. The third kappa shape index (κ3) is 3.60. The normalized spacial score (nSPS) is 16.5. The minimum Gasteiger partial charge on any atom is -0.497 e. The van der Waals surface area contributed by atoms with Crippen LogP contribution in [0, 0.1) is 0 Å². The van der Waals surface area contributed by atoms with Gasteiger partial charge in [0, 0.05) is 19.2 Å². The summed E-state index contributed by atoms with van der Waals surface area (Å²) < 4.78 is 43.9. The molecule has 1 aliphatic heterocycles. The van der Waals surface area contributed by atoms with Crippen LogP contribution >= 0.6 is 0 Å². The summed E-state index contributed by atoms with van der Waals surface area (Å²) in [6, 6.07) is 4.46. The van der Waals surface area contributed by atoms with Gasteiger partial charge < -0.3 is 24.8 Å². The number of guanidine groups is 1. The molecule has 0 spiro atoms. The van der Waals surface area contributed by atoms with Gasteiger partial charge in [-0.3, -0.25) is 0 Å². The van der Waals surface area contributed by atoms with Gasteiger partial charge in [0.25, 0.3) is 10.0 Å². The van der Waals surface area contributed by atoms with Gasteiger partial charge in [-0.25, -0.2) is 0 Å². The van der Waals surface area contributed by atoms with Gasteiger partial charge >= 0.3 is 0 Å². The summed E-state index contributed by atoms with van der Waals surface area (Å²) in [4.78, 5) is 1.57. The molecule has 9 heteroatoms. The zero-order valence-electron chi connectivity index (χ0n) is 12.5. The topological polar surface area (TPSA) is 103 Å². The molecule has 1 heterocycles. The molecule has 1 aliphatic rings. The Morgan fingerprint density at radius 2 is 1.95 bits per heavy atom. The highest BCUT2D eigenvalue weighted by atomic mass is 32.2. The van der Waals surface area contributed by atoms with Gasteiger partial charge in [-0.1, -0.05) is 0 Å². The van der Waals surface area contributed by atoms with Gasteiger partial charge in [-0.05, 0) is 12.1 Å². The molecule has 0 radical (unpaired) electrons. The van der Waals surface area contributed by atoms with Crippen molar-refractivity contribution in [3.63, 3.8) is 0 Å². The Balaban J connectivity index is 2.37. The summed E-state index contributed by atoms with van der Waals surface area (Å²) in [6.45, 7) is 1.97. The van der Waals surface area contributed by atoms with Crippen molar-refractivity contribution in [2.75, 3.05) is 40.5 Å². The van der Waals surface area contributed by atoms with Crippen molar-refractivity contribution in [2.24, 2.45) is 10.1 Å². The van der Waals surface area contributed by atoms with Crippen molar-refractivity contribution in [1.29, 1.82) is 0 Å². The molecule has 1 aromatic rings. The summed E-state index contributed by atoms with van der Waals surface area (Å²) in [5, 5.41) is 0. The fraction of sp³-hybridized carbons (Fsp3) is 0.462. The van der Waals surface area contributed by atoms with E-state index < -0.39 is 10.0 Å². The molecule has 0 atom stereocenters. The number of methoxy groups -OCH3 is 2. The summed E-state index contributed by atoms with van der Waals surface area (Å²) in [6.07, 6.45) is 0. The average molecular weight is 329 g/mol. The van der Waals surface area contributed by atoms with Crippen LogP contribution in [0.5, 0.6) is 11.5 Å². The fourth-order valence-electron chi connectivity index (χ4n) is 2.01. The van der Waals surface area contributed by atoms with Crippen LogP contribution in [-0.2, 0) is 14.8 Å². The first kappa shape index (κ1) is 16.4. The van der Waals surface area contributed by atoms with Crippen LogP contribution in [0.1, 0.15) is 0 Å². The number of ether oxygens (including phenoxy) is 3. The SMILES string of the molecule is COc1ccc(OC)c(S(=O)(=O)N=C(N)N2CCOCC2)c1. The molecule has 0 aliphatic carbocycles. The van der Waals surface area contributed by atoms with E-state index in [4.69, 9.17) is 19.9 Å². The lowest BCUT2D eigenvalue weighted by atomic mass is 10.3. The second-order valence-electron chi connectivity index (χ2n) is 4.54. The van der Waals surface area contributed by atoms with E-state index in [1.165, 1.54) is 26.4 Å². The number of morpholine rings is 1. The Labute approximate surface area is 129 Å². The summed E-state index contributed by atoms with van der Waals surface area (Å²) in [5.41, 5.74) is 5.80. The average Bonchev–Trinajstić information content (AvgIpc) is 2.54. The first-order valence-corrected chi connectivity index (χ1v) is 8.07. The van der Waals surface area contributed by atoms with E-state index in [0.717, 1.165) is 0 Å². The number of benzene rings is 1. The van der Waals surface area contributed by atoms with Gasteiger partial charge in [0.2, 0.25) is 5.96 Å². The van der Waals surface area contributed by atoms with Crippen molar-refractivity contribution in [3.8, 4) is 11.5 Å². The maximum Gasteiger partial charge on any atom is 0.289 e. The van der Waals surface area contributed by atoms with E-state index in [0.29, 0.717) is 32.1 Å². The van der Waals surface area contributed by atoms with E-state index in [-0.39, 0.29) is 16.6 Å². The molecule has 2 rings (SSSR count). The lowest BCUT2D eigenvalue weighted by Gasteiger charge is -2.27. The quantitative estimate of drug-likeness (QED) is 0.614. The van der Waals surface area contributed by atoms with Crippen LogP contribution in [0.2, 0.25) is 0 Å². The Morgan fingerprint density at radius 3 is 2.55 bits per heavy atom. The lowest BCUT2D eigenvalue weighted by Crippen LogP contribution is -2.45. The third-order valence-corrected chi connectivity index (χ3v) is 4.50. The van der Waals surface area contributed by atoms with Crippen LogP contribution < -0.4 is 15.2 Å². The van der Waals surface area contributed by atoms with Crippen LogP contribution in [0.15, 0.2) is 27.5 Å². The molecule has 0 aromatic heterocycles. The Morgan fingerprint density at radius 1 is 1.27 bits per heavy atom. The highest BCUT2D eigenvalue weighted by Gasteiger charge is 2.22. The predicted octanol–water partition coefficient (Wildman–Crippen LogP) is 0.0394. The van der Waals surface area contributed by atoms with Crippen molar-refractivity contribution < 1.29 is 22.6 Å². The maximum absolute atomic E-state index is 12.5. The molecule has 0 bridgehead atoms.